The first kappa shape index (κ1) is 18.4. The second-order valence-electron chi connectivity index (χ2n) is 6.34. The number of rotatable bonds is 7. The SMILES string of the molecule is O=S(=O)(Nc1ccc(Oc2ccnc3cc(OC(F)F)ccc23)cc1)C1CC1. The summed E-state index contributed by atoms with van der Waals surface area (Å²) in [5.74, 6) is 0.995. The quantitative estimate of drug-likeness (QED) is 0.624. The van der Waals surface area contributed by atoms with Gasteiger partial charge in [-0.1, -0.05) is 0 Å². The van der Waals surface area contributed by atoms with Gasteiger partial charge in [0, 0.05) is 23.3 Å². The van der Waals surface area contributed by atoms with Crippen molar-refractivity contribution >= 4 is 26.6 Å². The van der Waals surface area contributed by atoms with E-state index in [9.17, 15) is 17.2 Å². The summed E-state index contributed by atoms with van der Waals surface area (Å²) in [6, 6.07) is 12.6. The van der Waals surface area contributed by atoms with Gasteiger partial charge in [-0.25, -0.2) is 8.42 Å². The first-order valence-electron chi connectivity index (χ1n) is 8.54. The molecule has 2 aromatic carbocycles. The number of ether oxygens (including phenoxy) is 2. The third-order valence-electron chi connectivity index (χ3n) is 4.20. The van der Waals surface area contributed by atoms with Crippen LogP contribution in [-0.4, -0.2) is 25.3 Å². The fourth-order valence-corrected chi connectivity index (χ4v) is 4.10. The molecule has 146 valence electrons. The Morgan fingerprint density at radius 1 is 1.04 bits per heavy atom. The monoisotopic (exact) mass is 406 g/mol. The highest BCUT2D eigenvalue weighted by Gasteiger charge is 2.35. The highest BCUT2D eigenvalue weighted by molar-refractivity contribution is 7.93. The maximum absolute atomic E-state index is 12.4. The lowest BCUT2D eigenvalue weighted by atomic mass is 10.2. The number of hydrogen-bond donors (Lipinski definition) is 1. The standard InChI is InChI=1S/C19H16F2N2O4S/c20-19(21)27-14-5-8-16-17(11-14)22-10-9-18(16)26-13-3-1-12(2-4-13)23-28(24,25)15-6-7-15/h1-5,8-11,15,19,23H,6-7H2. The number of aromatic nitrogens is 1. The minimum atomic E-state index is -3.32. The molecule has 1 aromatic heterocycles. The first-order chi connectivity index (χ1) is 13.4. The van der Waals surface area contributed by atoms with Crippen LogP contribution in [0.15, 0.2) is 54.7 Å². The van der Waals surface area contributed by atoms with E-state index in [1.54, 1.807) is 36.4 Å². The van der Waals surface area contributed by atoms with Gasteiger partial charge in [0.05, 0.1) is 10.8 Å². The minimum Gasteiger partial charge on any atom is -0.457 e. The summed E-state index contributed by atoms with van der Waals surface area (Å²) in [4.78, 5) is 4.15. The molecule has 1 heterocycles. The van der Waals surface area contributed by atoms with Crippen LogP contribution in [0.5, 0.6) is 17.2 Å². The van der Waals surface area contributed by atoms with Gasteiger partial charge in [-0.3, -0.25) is 9.71 Å². The molecule has 0 amide bonds. The molecule has 28 heavy (non-hydrogen) atoms. The molecule has 0 aliphatic heterocycles. The van der Waals surface area contributed by atoms with E-state index in [-0.39, 0.29) is 11.0 Å². The van der Waals surface area contributed by atoms with Crippen molar-refractivity contribution in [2.45, 2.75) is 24.7 Å². The van der Waals surface area contributed by atoms with Gasteiger partial charge in [-0.05, 0) is 55.3 Å². The van der Waals surface area contributed by atoms with Gasteiger partial charge in [-0.15, -0.1) is 0 Å². The van der Waals surface area contributed by atoms with Crippen molar-refractivity contribution in [2.75, 3.05) is 4.72 Å². The highest BCUT2D eigenvalue weighted by atomic mass is 32.2. The number of hydrogen-bond acceptors (Lipinski definition) is 5. The van der Waals surface area contributed by atoms with E-state index in [4.69, 9.17) is 4.74 Å². The van der Waals surface area contributed by atoms with Gasteiger partial charge in [0.2, 0.25) is 10.0 Å². The van der Waals surface area contributed by atoms with Crippen molar-refractivity contribution in [3.05, 3.63) is 54.7 Å². The molecule has 1 aliphatic carbocycles. The van der Waals surface area contributed by atoms with Crippen LogP contribution in [0.25, 0.3) is 10.9 Å². The molecule has 6 nitrogen and oxygen atoms in total. The molecule has 0 unspecified atom stereocenters. The van der Waals surface area contributed by atoms with Gasteiger partial charge in [-0.2, -0.15) is 8.78 Å². The van der Waals surface area contributed by atoms with Gasteiger partial charge in [0.15, 0.2) is 0 Å². The molecule has 1 aliphatic rings. The maximum Gasteiger partial charge on any atom is 0.387 e. The normalized spacial score (nSPS) is 14.2. The number of fused-ring (bicyclic) bond motifs is 1. The predicted octanol–water partition coefficient (Wildman–Crippen LogP) is 4.53. The van der Waals surface area contributed by atoms with Crippen molar-refractivity contribution in [1.29, 1.82) is 0 Å². The lowest BCUT2D eigenvalue weighted by Crippen LogP contribution is -2.17. The lowest BCUT2D eigenvalue weighted by Gasteiger charge is -2.11. The number of sulfonamides is 1. The van der Waals surface area contributed by atoms with Crippen LogP contribution in [-0.2, 0) is 10.0 Å². The Bertz CT molecular complexity index is 1100. The fraction of sp³-hybridized carbons (Fsp3) is 0.211. The third kappa shape index (κ3) is 4.14. The van der Waals surface area contributed by atoms with Gasteiger partial charge in [0.25, 0.3) is 0 Å². The molecule has 1 fully saturated rings. The lowest BCUT2D eigenvalue weighted by molar-refractivity contribution is -0.0497. The van der Waals surface area contributed by atoms with Crippen LogP contribution >= 0.6 is 0 Å². The Balaban J connectivity index is 1.52. The van der Waals surface area contributed by atoms with Crippen LogP contribution in [0, 0.1) is 0 Å². The number of alkyl halides is 2. The molecule has 4 rings (SSSR count). The molecule has 0 bridgehead atoms. The highest BCUT2D eigenvalue weighted by Crippen LogP contribution is 2.33. The Hall–Kier alpha value is -2.94. The molecule has 1 saturated carbocycles. The predicted molar refractivity (Wildman–Crippen MR) is 100 cm³/mol. The Labute approximate surface area is 160 Å². The Kier molecular flexibility index (Phi) is 4.76. The smallest absolute Gasteiger partial charge is 0.387 e. The van der Waals surface area contributed by atoms with E-state index in [1.807, 2.05) is 0 Å². The van der Waals surface area contributed by atoms with Crippen molar-refractivity contribution in [3.8, 4) is 17.2 Å². The topological polar surface area (TPSA) is 77.5 Å². The fourth-order valence-electron chi connectivity index (χ4n) is 2.71. The zero-order chi connectivity index (χ0) is 19.7. The largest absolute Gasteiger partial charge is 0.457 e. The van der Waals surface area contributed by atoms with Crippen LogP contribution in [0.1, 0.15) is 12.8 Å². The van der Waals surface area contributed by atoms with Crippen molar-refractivity contribution in [2.24, 2.45) is 0 Å². The van der Waals surface area contributed by atoms with Gasteiger partial charge < -0.3 is 9.47 Å². The molecule has 0 saturated heterocycles. The summed E-state index contributed by atoms with van der Waals surface area (Å²) in [5, 5.41) is 0.327. The van der Waals surface area contributed by atoms with Crippen molar-refractivity contribution < 1.29 is 26.7 Å². The summed E-state index contributed by atoms with van der Waals surface area (Å²) in [6.07, 6.45) is 2.88. The maximum atomic E-state index is 12.4. The summed E-state index contributed by atoms with van der Waals surface area (Å²) in [7, 11) is -3.32. The minimum absolute atomic E-state index is 0.0134. The van der Waals surface area contributed by atoms with Crippen molar-refractivity contribution in [3.63, 3.8) is 0 Å². The van der Waals surface area contributed by atoms with E-state index in [2.05, 4.69) is 14.4 Å². The summed E-state index contributed by atoms with van der Waals surface area (Å²) in [6.45, 7) is -2.91. The van der Waals surface area contributed by atoms with E-state index in [1.165, 1.54) is 18.3 Å². The van der Waals surface area contributed by atoms with Crippen LogP contribution in [0.4, 0.5) is 14.5 Å². The molecular weight excluding hydrogens is 390 g/mol. The average molecular weight is 406 g/mol. The zero-order valence-electron chi connectivity index (χ0n) is 14.5. The molecule has 0 spiro atoms. The Morgan fingerprint density at radius 2 is 1.75 bits per heavy atom. The molecular formula is C19H16F2N2O4S. The molecule has 0 radical (unpaired) electrons. The summed E-state index contributed by atoms with van der Waals surface area (Å²) in [5.41, 5.74) is 0.914. The summed E-state index contributed by atoms with van der Waals surface area (Å²) >= 11 is 0. The number of nitrogens with one attached hydrogen (secondary N) is 1. The van der Waals surface area contributed by atoms with Gasteiger partial charge >= 0.3 is 6.61 Å². The van der Waals surface area contributed by atoms with Crippen LogP contribution in [0.2, 0.25) is 0 Å². The number of halogens is 2. The van der Waals surface area contributed by atoms with Crippen molar-refractivity contribution in [1.82, 2.24) is 4.98 Å². The van der Waals surface area contributed by atoms with Crippen LogP contribution in [0.3, 0.4) is 0 Å². The zero-order valence-corrected chi connectivity index (χ0v) is 15.3. The molecule has 1 N–H and O–H groups in total. The molecule has 0 atom stereocenters. The summed E-state index contributed by atoms with van der Waals surface area (Å²) < 4.78 is 61.5. The second-order valence-corrected chi connectivity index (χ2v) is 8.30. The second kappa shape index (κ2) is 7.23. The molecule has 3 aromatic rings. The van der Waals surface area contributed by atoms with E-state index < -0.39 is 16.6 Å². The number of benzene rings is 2. The first-order valence-corrected chi connectivity index (χ1v) is 10.1. The van der Waals surface area contributed by atoms with E-state index >= 15 is 0 Å². The van der Waals surface area contributed by atoms with E-state index in [0.717, 1.165) is 0 Å². The van der Waals surface area contributed by atoms with Crippen LogP contribution < -0.4 is 14.2 Å². The number of pyridine rings is 1. The molecule has 9 heteroatoms. The average Bonchev–Trinajstić information content (AvgIpc) is 3.48. The number of nitrogens with zero attached hydrogens (tertiary/aromatic N) is 1. The number of anilines is 1. The third-order valence-corrected chi connectivity index (χ3v) is 6.07. The Morgan fingerprint density at radius 3 is 2.43 bits per heavy atom. The van der Waals surface area contributed by atoms with Gasteiger partial charge in [0.1, 0.15) is 17.2 Å². The van der Waals surface area contributed by atoms with E-state index in [0.29, 0.717) is 40.9 Å².